The van der Waals surface area contributed by atoms with Crippen LogP contribution < -0.4 is 0 Å². The van der Waals surface area contributed by atoms with Crippen molar-refractivity contribution in [2.24, 2.45) is 0 Å². The van der Waals surface area contributed by atoms with Crippen LogP contribution in [0.2, 0.25) is 0 Å². The molecule has 0 aliphatic carbocycles. The lowest BCUT2D eigenvalue weighted by Crippen LogP contribution is -2.63. The molecular formula is C18H28O11. The van der Waals surface area contributed by atoms with Crippen molar-refractivity contribution in [3.8, 4) is 0 Å². The van der Waals surface area contributed by atoms with Gasteiger partial charge in [0.2, 0.25) is 0 Å². The van der Waals surface area contributed by atoms with E-state index in [2.05, 4.69) is 0 Å². The van der Waals surface area contributed by atoms with Crippen LogP contribution in [0.15, 0.2) is 0 Å². The number of esters is 4. The van der Waals surface area contributed by atoms with Crippen LogP contribution in [0.3, 0.4) is 0 Å². The molecule has 0 radical (unpaired) electrons. The van der Waals surface area contributed by atoms with Crippen molar-refractivity contribution in [3.63, 3.8) is 0 Å². The lowest BCUT2D eigenvalue weighted by atomic mass is 9.98. The fourth-order valence-corrected chi connectivity index (χ4v) is 2.68. The second kappa shape index (κ2) is 11.7. The molecule has 1 heterocycles. The minimum atomic E-state index is -1.27. The summed E-state index contributed by atoms with van der Waals surface area (Å²) >= 11 is 0. The second-order valence-electron chi connectivity index (χ2n) is 6.58. The van der Waals surface area contributed by atoms with Crippen molar-refractivity contribution in [2.45, 2.75) is 77.8 Å². The summed E-state index contributed by atoms with van der Waals surface area (Å²) in [5, 5.41) is 9.41. The van der Waals surface area contributed by atoms with Crippen molar-refractivity contribution < 1.29 is 52.7 Å². The standard InChI is InChI=1S/C18H28O11/c1-9(19)6-7-24-18-17(28-13(5)23)16(27-12(4)22)15(26-11(3)21)14(29-18)8-25-10(2)20/h9,14-19H,6-8H2,1-5H3/t9?,14-,15+,16+,17-,18-/m1/s1. The van der Waals surface area contributed by atoms with Crippen LogP contribution in [0.1, 0.15) is 41.0 Å². The van der Waals surface area contributed by atoms with Gasteiger partial charge in [-0.1, -0.05) is 0 Å². The molecule has 1 aliphatic rings. The molecule has 1 fully saturated rings. The van der Waals surface area contributed by atoms with Crippen molar-refractivity contribution in [1.82, 2.24) is 0 Å². The van der Waals surface area contributed by atoms with E-state index in [9.17, 15) is 24.3 Å². The Kier molecular flexibility index (Phi) is 9.99. The number of aliphatic hydroxyl groups is 1. The fourth-order valence-electron chi connectivity index (χ4n) is 2.68. The maximum Gasteiger partial charge on any atom is 0.303 e. The molecule has 6 atom stereocenters. The molecule has 29 heavy (non-hydrogen) atoms. The van der Waals surface area contributed by atoms with Gasteiger partial charge in [-0.05, 0) is 13.3 Å². The number of carbonyl (C=O) groups excluding carboxylic acids is 4. The molecule has 1 unspecified atom stereocenters. The molecule has 1 saturated heterocycles. The fraction of sp³-hybridized carbons (Fsp3) is 0.778. The first-order valence-corrected chi connectivity index (χ1v) is 9.11. The van der Waals surface area contributed by atoms with Crippen LogP contribution in [0.25, 0.3) is 0 Å². The van der Waals surface area contributed by atoms with Crippen molar-refractivity contribution in [1.29, 1.82) is 0 Å². The van der Waals surface area contributed by atoms with Crippen LogP contribution in [-0.2, 0) is 47.6 Å². The minimum absolute atomic E-state index is 0.0331. The van der Waals surface area contributed by atoms with Gasteiger partial charge in [-0.25, -0.2) is 0 Å². The first kappa shape index (κ1) is 24.8. The lowest BCUT2D eigenvalue weighted by Gasteiger charge is -2.44. The summed E-state index contributed by atoms with van der Waals surface area (Å²) in [6.45, 7) is 5.88. The number of aliphatic hydroxyl groups excluding tert-OH is 1. The molecule has 0 bridgehead atoms. The predicted molar refractivity (Wildman–Crippen MR) is 94.2 cm³/mol. The number of hydrogen-bond acceptors (Lipinski definition) is 11. The lowest BCUT2D eigenvalue weighted by molar-refractivity contribution is -0.308. The van der Waals surface area contributed by atoms with Crippen LogP contribution in [-0.4, -0.2) is 79.0 Å². The van der Waals surface area contributed by atoms with E-state index in [0.29, 0.717) is 0 Å². The molecule has 166 valence electrons. The summed E-state index contributed by atoms with van der Waals surface area (Å²) in [6, 6.07) is 0. The molecule has 11 heteroatoms. The Bertz CT molecular complexity index is 588. The number of ether oxygens (including phenoxy) is 6. The highest BCUT2D eigenvalue weighted by atomic mass is 16.7. The van der Waals surface area contributed by atoms with Gasteiger partial charge in [0.25, 0.3) is 0 Å². The van der Waals surface area contributed by atoms with E-state index < -0.39 is 60.7 Å². The highest BCUT2D eigenvalue weighted by Crippen LogP contribution is 2.30. The number of carbonyl (C=O) groups is 4. The molecule has 11 nitrogen and oxygen atoms in total. The van der Waals surface area contributed by atoms with Gasteiger partial charge in [0, 0.05) is 27.7 Å². The van der Waals surface area contributed by atoms with Crippen molar-refractivity contribution >= 4 is 23.9 Å². The van der Waals surface area contributed by atoms with E-state index in [0.717, 1.165) is 20.8 Å². The quantitative estimate of drug-likeness (QED) is 0.393. The van der Waals surface area contributed by atoms with Gasteiger partial charge in [0.1, 0.15) is 12.7 Å². The zero-order valence-electron chi connectivity index (χ0n) is 17.1. The van der Waals surface area contributed by atoms with Crippen LogP contribution in [0.4, 0.5) is 0 Å². The summed E-state index contributed by atoms with van der Waals surface area (Å²) in [7, 11) is 0. The van der Waals surface area contributed by atoms with Crippen molar-refractivity contribution in [3.05, 3.63) is 0 Å². The smallest absolute Gasteiger partial charge is 0.303 e. The molecule has 1 rings (SSSR count). The van der Waals surface area contributed by atoms with Crippen LogP contribution in [0.5, 0.6) is 0 Å². The molecule has 0 aromatic heterocycles. The Morgan fingerprint density at radius 3 is 1.86 bits per heavy atom. The third-order valence-electron chi connectivity index (χ3n) is 3.77. The maximum absolute atomic E-state index is 11.7. The molecular weight excluding hydrogens is 392 g/mol. The average molecular weight is 420 g/mol. The van der Waals surface area contributed by atoms with Gasteiger partial charge < -0.3 is 33.5 Å². The zero-order valence-corrected chi connectivity index (χ0v) is 17.1. The maximum atomic E-state index is 11.7. The minimum Gasteiger partial charge on any atom is -0.463 e. The zero-order chi connectivity index (χ0) is 22.1. The Hall–Kier alpha value is -2.24. The molecule has 1 aliphatic heterocycles. The Morgan fingerprint density at radius 2 is 1.38 bits per heavy atom. The topological polar surface area (TPSA) is 144 Å². The molecule has 0 aromatic rings. The highest BCUT2D eigenvalue weighted by molar-refractivity contribution is 5.68. The summed E-state index contributed by atoms with van der Waals surface area (Å²) in [5.41, 5.74) is 0. The Balaban J connectivity index is 3.21. The normalized spacial score (nSPS) is 27.4. The van der Waals surface area contributed by atoms with Gasteiger partial charge in [0.15, 0.2) is 24.6 Å². The van der Waals surface area contributed by atoms with E-state index in [1.165, 1.54) is 6.92 Å². The second-order valence-corrected chi connectivity index (χ2v) is 6.58. The van der Waals surface area contributed by atoms with Crippen LogP contribution in [0, 0.1) is 0 Å². The van der Waals surface area contributed by atoms with E-state index >= 15 is 0 Å². The number of rotatable bonds is 9. The summed E-state index contributed by atoms with van der Waals surface area (Å²) in [6.07, 6.45) is -6.44. The highest BCUT2D eigenvalue weighted by Gasteiger charge is 2.52. The van der Waals surface area contributed by atoms with Crippen LogP contribution >= 0.6 is 0 Å². The Labute approximate surface area is 168 Å². The summed E-state index contributed by atoms with van der Waals surface area (Å²) in [5.74, 6) is -2.74. The largest absolute Gasteiger partial charge is 0.463 e. The van der Waals surface area contributed by atoms with Gasteiger partial charge in [-0.15, -0.1) is 0 Å². The van der Waals surface area contributed by atoms with Gasteiger partial charge >= 0.3 is 23.9 Å². The van der Waals surface area contributed by atoms with E-state index in [1.54, 1.807) is 6.92 Å². The molecule has 1 N–H and O–H groups in total. The van der Waals surface area contributed by atoms with Crippen molar-refractivity contribution in [2.75, 3.05) is 13.2 Å². The van der Waals surface area contributed by atoms with Gasteiger partial charge in [0.05, 0.1) is 12.7 Å². The monoisotopic (exact) mass is 420 g/mol. The summed E-state index contributed by atoms with van der Waals surface area (Å²) < 4.78 is 32.0. The predicted octanol–water partition coefficient (Wildman–Crippen LogP) is -0.143. The molecule has 0 amide bonds. The SMILES string of the molecule is CC(=O)OC[C@H]1O[C@@H](OCCC(C)O)[C@H](OC(C)=O)[C@@H](OC(C)=O)[C@H]1OC(C)=O. The average Bonchev–Trinajstić information content (AvgIpc) is 2.56. The van der Waals surface area contributed by atoms with Gasteiger partial charge in [-0.2, -0.15) is 0 Å². The summed E-state index contributed by atoms with van der Waals surface area (Å²) in [4.78, 5) is 46.1. The van der Waals surface area contributed by atoms with E-state index in [1.807, 2.05) is 0 Å². The molecule has 0 aromatic carbocycles. The number of hydrogen-bond donors (Lipinski definition) is 1. The molecule has 0 saturated carbocycles. The molecule has 0 spiro atoms. The first-order chi connectivity index (χ1) is 13.5. The Morgan fingerprint density at radius 1 is 0.862 bits per heavy atom. The third-order valence-corrected chi connectivity index (χ3v) is 3.77. The van der Waals surface area contributed by atoms with E-state index in [4.69, 9.17) is 28.4 Å². The first-order valence-electron chi connectivity index (χ1n) is 9.11. The third kappa shape index (κ3) is 8.75. The van der Waals surface area contributed by atoms with E-state index in [-0.39, 0.29) is 19.6 Å². The van der Waals surface area contributed by atoms with Gasteiger partial charge in [-0.3, -0.25) is 19.2 Å².